The van der Waals surface area contributed by atoms with Crippen LogP contribution in [0, 0.1) is 16.0 Å². The van der Waals surface area contributed by atoms with Crippen LogP contribution in [-0.2, 0) is 6.54 Å². The molecule has 2 N–H and O–H groups in total. The molecule has 23 heavy (non-hydrogen) atoms. The van der Waals surface area contributed by atoms with E-state index in [9.17, 15) is 10.1 Å². The lowest BCUT2D eigenvalue weighted by Crippen LogP contribution is -2.44. The molecule has 0 saturated heterocycles. The molecular formula is C17H26N4O2. The van der Waals surface area contributed by atoms with E-state index in [0.717, 1.165) is 31.3 Å². The van der Waals surface area contributed by atoms with Crippen LogP contribution in [0.25, 0.3) is 0 Å². The number of benzene rings is 1. The molecule has 1 aromatic carbocycles. The third-order valence-electron chi connectivity index (χ3n) is 4.30. The van der Waals surface area contributed by atoms with Crippen LogP contribution < -0.4 is 10.6 Å². The summed E-state index contributed by atoms with van der Waals surface area (Å²) in [5.41, 5.74) is 0.755. The average Bonchev–Trinajstić information content (AvgIpc) is 2.55. The smallest absolute Gasteiger partial charge is 0.274 e. The van der Waals surface area contributed by atoms with Gasteiger partial charge >= 0.3 is 0 Å². The summed E-state index contributed by atoms with van der Waals surface area (Å²) >= 11 is 0. The van der Waals surface area contributed by atoms with Crippen molar-refractivity contribution in [2.75, 3.05) is 6.54 Å². The Balaban J connectivity index is 2.02. The molecular weight excluding hydrogens is 292 g/mol. The van der Waals surface area contributed by atoms with E-state index in [1.807, 2.05) is 6.92 Å². The van der Waals surface area contributed by atoms with Gasteiger partial charge in [0, 0.05) is 18.7 Å². The highest BCUT2D eigenvalue weighted by atomic mass is 16.6. The summed E-state index contributed by atoms with van der Waals surface area (Å²) < 4.78 is 0. The molecule has 1 saturated carbocycles. The number of nitro benzene ring substituents is 1. The van der Waals surface area contributed by atoms with Gasteiger partial charge in [-0.2, -0.15) is 0 Å². The normalized spacial score (nSPS) is 21.7. The zero-order valence-corrected chi connectivity index (χ0v) is 13.9. The molecule has 0 aliphatic heterocycles. The van der Waals surface area contributed by atoms with E-state index in [0.29, 0.717) is 18.2 Å². The molecule has 6 heteroatoms. The van der Waals surface area contributed by atoms with Crippen LogP contribution in [0.1, 0.15) is 45.1 Å². The van der Waals surface area contributed by atoms with Crippen molar-refractivity contribution in [2.45, 2.75) is 52.1 Å². The summed E-state index contributed by atoms with van der Waals surface area (Å²) in [6, 6.07) is 7.20. The van der Waals surface area contributed by atoms with Crippen molar-refractivity contribution >= 4 is 11.6 Å². The lowest BCUT2D eigenvalue weighted by molar-refractivity contribution is -0.385. The minimum atomic E-state index is -0.353. The number of nitrogens with one attached hydrogen (secondary N) is 2. The van der Waals surface area contributed by atoms with Crippen molar-refractivity contribution < 1.29 is 4.92 Å². The second kappa shape index (κ2) is 8.50. The largest absolute Gasteiger partial charge is 0.357 e. The number of rotatable bonds is 5. The summed E-state index contributed by atoms with van der Waals surface area (Å²) in [5, 5.41) is 17.8. The van der Waals surface area contributed by atoms with Gasteiger partial charge in [-0.05, 0) is 38.5 Å². The van der Waals surface area contributed by atoms with Gasteiger partial charge < -0.3 is 10.6 Å². The topological polar surface area (TPSA) is 79.6 Å². The van der Waals surface area contributed by atoms with E-state index in [2.05, 4.69) is 22.5 Å². The van der Waals surface area contributed by atoms with Crippen molar-refractivity contribution in [1.82, 2.24) is 10.6 Å². The van der Waals surface area contributed by atoms with E-state index >= 15 is 0 Å². The molecule has 6 nitrogen and oxygen atoms in total. The Kier molecular flexibility index (Phi) is 6.38. The lowest BCUT2D eigenvalue weighted by Gasteiger charge is -2.28. The Bertz CT molecular complexity index is 551. The molecule has 0 atom stereocenters. The van der Waals surface area contributed by atoms with E-state index in [1.165, 1.54) is 18.9 Å². The van der Waals surface area contributed by atoms with E-state index < -0.39 is 0 Å². The summed E-state index contributed by atoms with van der Waals surface area (Å²) in [4.78, 5) is 15.2. The van der Waals surface area contributed by atoms with Gasteiger partial charge in [0.15, 0.2) is 5.96 Å². The Hall–Kier alpha value is -2.11. The van der Waals surface area contributed by atoms with E-state index in [1.54, 1.807) is 18.2 Å². The minimum absolute atomic E-state index is 0.124. The number of nitro groups is 1. The van der Waals surface area contributed by atoms with Crippen LogP contribution in [0.4, 0.5) is 5.69 Å². The molecule has 2 rings (SSSR count). The van der Waals surface area contributed by atoms with Gasteiger partial charge in [-0.3, -0.25) is 10.1 Å². The van der Waals surface area contributed by atoms with Crippen molar-refractivity contribution in [1.29, 1.82) is 0 Å². The first kappa shape index (κ1) is 17.2. The maximum atomic E-state index is 11.1. The first-order valence-corrected chi connectivity index (χ1v) is 8.37. The number of nitrogens with zero attached hydrogens (tertiary/aromatic N) is 2. The lowest BCUT2D eigenvalue weighted by atomic mass is 9.87. The Morgan fingerprint density at radius 2 is 2.00 bits per heavy atom. The zero-order chi connectivity index (χ0) is 16.7. The van der Waals surface area contributed by atoms with Crippen LogP contribution in [0.15, 0.2) is 29.3 Å². The molecule has 0 unspecified atom stereocenters. The first-order valence-electron chi connectivity index (χ1n) is 8.37. The second-order valence-corrected chi connectivity index (χ2v) is 6.18. The highest BCUT2D eigenvalue weighted by Crippen LogP contribution is 2.23. The second-order valence-electron chi connectivity index (χ2n) is 6.18. The predicted octanol–water partition coefficient (Wildman–Crippen LogP) is 3.23. The highest BCUT2D eigenvalue weighted by Gasteiger charge is 2.19. The SMILES string of the molecule is CCNC(=NCc1ccccc1[N+](=O)[O-])NC1CCC(C)CC1. The molecule has 1 aliphatic rings. The van der Waals surface area contributed by atoms with Gasteiger partial charge in [0.1, 0.15) is 0 Å². The molecule has 0 bridgehead atoms. The summed E-state index contributed by atoms with van der Waals surface area (Å²) in [5.74, 6) is 1.55. The van der Waals surface area contributed by atoms with E-state index in [4.69, 9.17) is 0 Å². The first-order chi connectivity index (χ1) is 11.1. The third-order valence-corrected chi connectivity index (χ3v) is 4.30. The fourth-order valence-electron chi connectivity index (χ4n) is 2.90. The minimum Gasteiger partial charge on any atom is -0.357 e. The van der Waals surface area contributed by atoms with Crippen LogP contribution in [-0.4, -0.2) is 23.5 Å². The average molecular weight is 318 g/mol. The fraction of sp³-hybridized carbons (Fsp3) is 0.588. The predicted molar refractivity (Wildman–Crippen MR) is 92.5 cm³/mol. The van der Waals surface area contributed by atoms with Gasteiger partial charge in [0.05, 0.1) is 17.0 Å². The van der Waals surface area contributed by atoms with Crippen LogP contribution in [0.2, 0.25) is 0 Å². The molecule has 0 amide bonds. The van der Waals surface area contributed by atoms with Crippen molar-refractivity contribution in [3.8, 4) is 0 Å². The maximum Gasteiger partial charge on any atom is 0.274 e. The van der Waals surface area contributed by atoms with Crippen molar-refractivity contribution in [2.24, 2.45) is 10.9 Å². The van der Waals surface area contributed by atoms with Crippen LogP contribution in [0.5, 0.6) is 0 Å². The van der Waals surface area contributed by atoms with E-state index in [-0.39, 0.29) is 10.6 Å². The Labute approximate surface area is 137 Å². The Morgan fingerprint density at radius 1 is 1.30 bits per heavy atom. The number of hydrogen-bond donors (Lipinski definition) is 2. The van der Waals surface area contributed by atoms with Gasteiger partial charge in [0.2, 0.25) is 0 Å². The van der Waals surface area contributed by atoms with Gasteiger partial charge in [-0.25, -0.2) is 4.99 Å². The highest BCUT2D eigenvalue weighted by molar-refractivity contribution is 5.80. The van der Waals surface area contributed by atoms with Crippen molar-refractivity contribution in [3.05, 3.63) is 39.9 Å². The molecule has 1 aliphatic carbocycles. The summed E-state index contributed by atoms with van der Waals surface area (Å²) in [6.45, 7) is 5.39. The monoisotopic (exact) mass is 318 g/mol. The summed E-state index contributed by atoms with van der Waals surface area (Å²) in [6.07, 6.45) is 4.77. The molecule has 0 heterocycles. The number of aliphatic imine (C=N–C) groups is 1. The van der Waals surface area contributed by atoms with Gasteiger partial charge in [-0.15, -0.1) is 0 Å². The molecule has 0 radical (unpaired) electrons. The quantitative estimate of drug-likeness (QED) is 0.378. The molecule has 0 spiro atoms. The number of guanidine groups is 1. The van der Waals surface area contributed by atoms with Crippen LogP contribution >= 0.6 is 0 Å². The standard InChI is InChI=1S/C17H26N4O2/c1-3-18-17(20-15-10-8-13(2)9-11-15)19-12-14-6-4-5-7-16(14)21(22)23/h4-7,13,15H,3,8-12H2,1-2H3,(H2,18,19,20). The number of hydrogen-bond acceptors (Lipinski definition) is 3. The zero-order valence-electron chi connectivity index (χ0n) is 13.9. The summed E-state index contributed by atoms with van der Waals surface area (Å²) in [7, 11) is 0. The third kappa shape index (κ3) is 5.23. The number of para-hydroxylation sites is 1. The molecule has 1 aromatic rings. The molecule has 1 fully saturated rings. The Morgan fingerprint density at radius 3 is 2.65 bits per heavy atom. The van der Waals surface area contributed by atoms with Crippen molar-refractivity contribution in [3.63, 3.8) is 0 Å². The fourth-order valence-corrected chi connectivity index (χ4v) is 2.90. The van der Waals surface area contributed by atoms with Gasteiger partial charge in [0.25, 0.3) is 5.69 Å². The molecule has 126 valence electrons. The maximum absolute atomic E-state index is 11.1. The van der Waals surface area contributed by atoms with Gasteiger partial charge in [-0.1, -0.05) is 25.1 Å². The molecule has 0 aromatic heterocycles. The van der Waals surface area contributed by atoms with Crippen LogP contribution in [0.3, 0.4) is 0 Å².